The first kappa shape index (κ1) is 46.2. The predicted octanol–water partition coefficient (Wildman–Crippen LogP) is 20.0. The van der Waals surface area contributed by atoms with E-state index in [-0.39, 0.29) is 0 Å². The number of hydrogen-bond acceptors (Lipinski definition) is 1. The molecule has 0 saturated heterocycles. The number of aromatic nitrogens is 4. The van der Waals surface area contributed by atoms with Gasteiger partial charge in [-0.15, -0.1) is 0 Å². The Balaban J connectivity index is 1.13. The first-order valence-corrected chi connectivity index (χ1v) is 29.2. The summed E-state index contributed by atoms with van der Waals surface area (Å²) in [6.07, 6.45) is 0. The standard InChI is InChI=1S/C80H47N5/c81-48-62-76(82-67-37-15-4-26-54(67)55-27-5-16-38-68(55)82)78(84-71-41-19-8-30-58(71)59-31-9-20-42-72(59)84)75(49-45-46-53-52-25-3-14-36-65(52)80(66(53)47-49)63-34-12-1-23-50(63)51-24-2-13-35-64(51)80)79(85-73-43-21-10-32-60(73)61-33-11-22-44-74(61)85)77(62)83-69-39-17-6-28-56(69)57-29-7-18-40-70(57)83/h1-47H. The van der Waals surface area contributed by atoms with Gasteiger partial charge in [-0.25, -0.2) is 0 Å². The normalized spacial score (nSPS) is 13.0. The van der Waals surface area contributed by atoms with Crippen molar-refractivity contribution in [3.63, 3.8) is 0 Å². The van der Waals surface area contributed by atoms with Crippen molar-refractivity contribution in [3.05, 3.63) is 313 Å². The molecule has 0 saturated carbocycles. The van der Waals surface area contributed by atoms with Crippen molar-refractivity contribution in [3.8, 4) is 62.2 Å². The zero-order valence-electron chi connectivity index (χ0n) is 45.9. The van der Waals surface area contributed by atoms with Crippen molar-refractivity contribution in [1.82, 2.24) is 18.3 Å². The molecule has 17 aromatic rings. The van der Waals surface area contributed by atoms with E-state index < -0.39 is 5.41 Å². The van der Waals surface area contributed by atoms with E-state index in [0.717, 1.165) is 121 Å². The molecule has 392 valence electrons. The molecule has 4 heterocycles. The van der Waals surface area contributed by atoms with Crippen LogP contribution in [0.1, 0.15) is 27.8 Å². The second-order valence-electron chi connectivity index (χ2n) is 22.9. The topological polar surface area (TPSA) is 43.5 Å². The third-order valence-electron chi connectivity index (χ3n) is 19.0. The minimum Gasteiger partial charge on any atom is -0.306 e. The smallest absolute Gasteiger partial charge is 0.104 e. The summed E-state index contributed by atoms with van der Waals surface area (Å²) < 4.78 is 9.86. The third kappa shape index (κ3) is 5.85. The molecule has 0 radical (unpaired) electrons. The molecule has 5 nitrogen and oxygen atoms in total. The van der Waals surface area contributed by atoms with Crippen LogP contribution in [-0.2, 0) is 5.41 Å². The number of fused-ring (bicyclic) bond motifs is 22. The lowest BCUT2D eigenvalue weighted by Gasteiger charge is -2.32. The first-order valence-electron chi connectivity index (χ1n) is 29.2. The summed E-state index contributed by atoms with van der Waals surface area (Å²) in [5.41, 5.74) is 23.5. The fraction of sp³-hybridized carbons (Fsp3) is 0.0125. The van der Waals surface area contributed by atoms with Gasteiger partial charge in [0.15, 0.2) is 0 Å². The molecule has 13 aromatic carbocycles. The summed E-state index contributed by atoms with van der Waals surface area (Å²) in [5, 5.41) is 22.0. The van der Waals surface area contributed by atoms with E-state index >= 15 is 0 Å². The second-order valence-corrected chi connectivity index (χ2v) is 22.9. The van der Waals surface area contributed by atoms with Crippen LogP contribution < -0.4 is 0 Å². The summed E-state index contributed by atoms with van der Waals surface area (Å²) in [6, 6.07) is 108. The molecular weight excluding hydrogens is 1030 g/mol. The maximum absolute atomic E-state index is 13.1. The molecule has 5 heteroatoms. The van der Waals surface area contributed by atoms with Gasteiger partial charge in [0.2, 0.25) is 0 Å². The number of nitrogens with zero attached hydrogens (tertiary/aromatic N) is 5. The van der Waals surface area contributed by atoms with Gasteiger partial charge in [0.25, 0.3) is 0 Å². The van der Waals surface area contributed by atoms with E-state index in [0.29, 0.717) is 5.56 Å². The van der Waals surface area contributed by atoms with Gasteiger partial charge in [-0.3, -0.25) is 0 Å². The van der Waals surface area contributed by atoms with Crippen LogP contribution in [0.15, 0.2) is 285 Å². The van der Waals surface area contributed by atoms with Crippen molar-refractivity contribution in [2.45, 2.75) is 5.41 Å². The molecule has 2 aliphatic rings. The van der Waals surface area contributed by atoms with Crippen molar-refractivity contribution in [2.75, 3.05) is 0 Å². The van der Waals surface area contributed by atoms with E-state index in [1.54, 1.807) is 0 Å². The van der Waals surface area contributed by atoms with Crippen LogP contribution in [0.4, 0.5) is 0 Å². The molecule has 0 aliphatic heterocycles. The van der Waals surface area contributed by atoms with Crippen LogP contribution in [0.3, 0.4) is 0 Å². The highest BCUT2D eigenvalue weighted by Gasteiger charge is 2.52. The Labute approximate surface area is 488 Å². The fourth-order valence-electron chi connectivity index (χ4n) is 15.9. The highest BCUT2D eigenvalue weighted by molar-refractivity contribution is 6.17. The summed E-state index contributed by atoms with van der Waals surface area (Å²) in [4.78, 5) is 0. The molecule has 0 amide bonds. The Morgan fingerprint density at radius 3 is 0.788 bits per heavy atom. The van der Waals surface area contributed by atoms with Gasteiger partial charge in [0, 0.05) is 48.7 Å². The number of nitriles is 1. The van der Waals surface area contributed by atoms with E-state index in [9.17, 15) is 5.26 Å². The SMILES string of the molecule is N#Cc1c(-n2c3ccccc3c3ccccc32)c(-n2c3ccccc3c3ccccc32)c(-c2ccc3c(c2)C2(c4ccccc4-c4ccccc42)c2ccccc2-3)c(-n2c3ccccc3c3ccccc32)c1-n1c2ccccc2c2ccccc21. The van der Waals surface area contributed by atoms with Crippen molar-refractivity contribution < 1.29 is 0 Å². The minimum atomic E-state index is -0.646. The average Bonchev–Trinajstić information content (AvgIpc) is 1.60. The van der Waals surface area contributed by atoms with Crippen LogP contribution in [0, 0.1) is 11.3 Å². The molecule has 1 spiro atoms. The third-order valence-corrected chi connectivity index (χ3v) is 19.0. The Kier molecular flexibility index (Phi) is 9.27. The zero-order chi connectivity index (χ0) is 55.6. The zero-order valence-corrected chi connectivity index (χ0v) is 45.9. The molecule has 0 N–H and O–H groups in total. The van der Waals surface area contributed by atoms with Gasteiger partial charge in [-0.2, -0.15) is 5.26 Å². The van der Waals surface area contributed by atoms with Crippen LogP contribution >= 0.6 is 0 Å². The van der Waals surface area contributed by atoms with Crippen molar-refractivity contribution in [1.29, 1.82) is 5.26 Å². The molecule has 4 aromatic heterocycles. The van der Waals surface area contributed by atoms with Gasteiger partial charge >= 0.3 is 0 Å². The van der Waals surface area contributed by atoms with Gasteiger partial charge < -0.3 is 18.3 Å². The summed E-state index contributed by atoms with van der Waals surface area (Å²) in [5.74, 6) is 0. The largest absolute Gasteiger partial charge is 0.306 e. The first-order chi connectivity index (χ1) is 42.2. The van der Waals surface area contributed by atoms with Crippen molar-refractivity contribution >= 4 is 87.2 Å². The van der Waals surface area contributed by atoms with Crippen LogP contribution in [0.25, 0.3) is 143 Å². The predicted molar refractivity (Wildman–Crippen MR) is 350 cm³/mol. The number of benzene rings is 13. The molecule has 0 bridgehead atoms. The van der Waals surface area contributed by atoms with E-state index in [1.165, 1.54) is 44.5 Å². The molecule has 0 atom stereocenters. The fourth-order valence-corrected chi connectivity index (χ4v) is 15.9. The van der Waals surface area contributed by atoms with E-state index in [4.69, 9.17) is 0 Å². The maximum atomic E-state index is 13.1. The van der Waals surface area contributed by atoms with E-state index in [2.05, 4.69) is 309 Å². The van der Waals surface area contributed by atoms with Crippen LogP contribution in [-0.4, -0.2) is 18.3 Å². The number of hydrogen-bond donors (Lipinski definition) is 0. The molecule has 0 unspecified atom stereocenters. The van der Waals surface area contributed by atoms with Gasteiger partial charge in [0.05, 0.1) is 72.3 Å². The molecule has 85 heavy (non-hydrogen) atoms. The van der Waals surface area contributed by atoms with Gasteiger partial charge in [-0.05, 0) is 105 Å². The Morgan fingerprint density at radius 1 is 0.247 bits per heavy atom. The highest BCUT2D eigenvalue weighted by Crippen LogP contribution is 2.64. The summed E-state index contributed by atoms with van der Waals surface area (Å²) in [7, 11) is 0. The molecule has 19 rings (SSSR count). The quantitative estimate of drug-likeness (QED) is 0.169. The Hall–Kier alpha value is -11.5. The monoisotopic (exact) mass is 1080 g/mol. The molecule has 0 fully saturated rings. The van der Waals surface area contributed by atoms with Gasteiger partial charge in [0.1, 0.15) is 11.6 Å². The Morgan fingerprint density at radius 2 is 0.494 bits per heavy atom. The lowest BCUT2D eigenvalue weighted by atomic mass is 9.70. The second kappa shape index (κ2) is 17.1. The lowest BCUT2D eigenvalue weighted by Crippen LogP contribution is -2.26. The van der Waals surface area contributed by atoms with Crippen LogP contribution in [0.2, 0.25) is 0 Å². The minimum absolute atomic E-state index is 0.541. The number of para-hydroxylation sites is 8. The van der Waals surface area contributed by atoms with Crippen molar-refractivity contribution in [2.24, 2.45) is 0 Å². The van der Waals surface area contributed by atoms with Gasteiger partial charge in [-0.1, -0.05) is 231 Å². The molecule has 2 aliphatic carbocycles. The average molecular weight is 1080 g/mol. The Bertz CT molecular complexity index is 5300. The maximum Gasteiger partial charge on any atom is 0.104 e. The lowest BCUT2D eigenvalue weighted by molar-refractivity contribution is 0.794. The highest BCUT2D eigenvalue weighted by atomic mass is 15.1. The molecular formula is C80H47N5. The number of rotatable bonds is 5. The van der Waals surface area contributed by atoms with E-state index in [1.807, 2.05) is 0 Å². The van der Waals surface area contributed by atoms with Crippen LogP contribution in [0.5, 0.6) is 0 Å². The summed E-state index contributed by atoms with van der Waals surface area (Å²) >= 11 is 0. The summed E-state index contributed by atoms with van der Waals surface area (Å²) in [6.45, 7) is 0.